The predicted octanol–water partition coefficient (Wildman–Crippen LogP) is 3.44. The summed E-state index contributed by atoms with van der Waals surface area (Å²) in [4.78, 5) is 31.0. The number of hydrogen-bond acceptors (Lipinski definition) is 4. The number of rotatable bonds is 6. The number of hydrogen-bond donors (Lipinski definition) is 0. The fraction of sp³-hybridized carbons (Fsp3) is 0.350. The summed E-state index contributed by atoms with van der Waals surface area (Å²) >= 11 is 1.59. The first-order chi connectivity index (χ1) is 12.2. The van der Waals surface area contributed by atoms with Gasteiger partial charge in [0.25, 0.3) is 0 Å². The van der Waals surface area contributed by atoms with Gasteiger partial charge in [-0.1, -0.05) is 36.4 Å². The molecule has 25 heavy (non-hydrogen) atoms. The second kappa shape index (κ2) is 8.81. The Kier molecular flexibility index (Phi) is 6.23. The zero-order valence-electron chi connectivity index (χ0n) is 14.1. The van der Waals surface area contributed by atoms with E-state index < -0.39 is 0 Å². The van der Waals surface area contributed by atoms with Crippen LogP contribution in [0.1, 0.15) is 28.9 Å². The third kappa shape index (κ3) is 4.92. The van der Waals surface area contributed by atoms with Crippen molar-refractivity contribution in [1.29, 1.82) is 0 Å². The number of piperidine rings is 1. The van der Waals surface area contributed by atoms with E-state index in [1.54, 1.807) is 18.0 Å². The number of aromatic nitrogens is 1. The third-order valence-corrected chi connectivity index (χ3v) is 5.43. The van der Waals surface area contributed by atoms with Gasteiger partial charge in [0.15, 0.2) is 5.78 Å². The predicted molar refractivity (Wildman–Crippen MR) is 100 cm³/mol. The van der Waals surface area contributed by atoms with Gasteiger partial charge < -0.3 is 4.90 Å². The molecule has 0 aliphatic carbocycles. The second-order valence-electron chi connectivity index (χ2n) is 6.20. The Morgan fingerprint density at radius 2 is 1.76 bits per heavy atom. The monoisotopic (exact) mass is 354 g/mol. The van der Waals surface area contributed by atoms with Gasteiger partial charge in [-0.2, -0.15) is 0 Å². The van der Waals surface area contributed by atoms with Crippen molar-refractivity contribution in [1.82, 2.24) is 9.88 Å². The number of carbonyl (C=O) groups excluding carboxylic acids is 2. The van der Waals surface area contributed by atoms with Crippen LogP contribution < -0.4 is 0 Å². The average Bonchev–Trinajstić information content (AvgIpc) is 2.69. The van der Waals surface area contributed by atoms with Gasteiger partial charge in [0.1, 0.15) is 0 Å². The number of likely N-dealkylation sites (tertiary alicyclic amines) is 1. The number of ketones is 1. The third-order valence-electron chi connectivity index (χ3n) is 4.48. The molecular weight excluding hydrogens is 332 g/mol. The molecular formula is C20H22N2O2S. The molecule has 1 amide bonds. The quantitative estimate of drug-likeness (QED) is 0.746. The van der Waals surface area contributed by atoms with Gasteiger partial charge in [0.05, 0.1) is 11.4 Å². The summed E-state index contributed by atoms with van der Waals surface area (Å²) in [6, 6.07) is 15.3. The van der Waals surface area contributed by atoms with Crippen molar-refractivity contribution in [2.75, 3.05) is 18.8 Å². The summed E-state index contributed by atoms with van der Waals surface area (Å²) in [6.07, 6.45) is 3.28. The van der Waals surface area contributed by atoms with Crippen molar-refractivity contribution in [3.8, 4) is 0 Å². The molecule has 0 bridgehead atoms. The van der Waals surface area contributed by atoms with E-state index in [2.05, 4.69) is 4.98 Å². The number of carbonyl (C=O) groups is 2. The van der Waals surface area contributed by atoms with Crippen LogP contribution in [0, 0.1) is 5.92 Å². The van der Waals surface area contributed by atoms with Gasteiger partial charge in [-0.15, -0.1) is 11.8 Å². The molecule has 1 aromatic heterocycles. The molecule has 1 aliphatic rings. The number of pyridine rings is 1. The Labute approximate surface area is 152 Å². The Morgan fingerprint density at radius 1 is 1.04 bits per heavy atom. The van der Waals surface area contributed by atoms with Gasteiger partial charge >= 0.3 is 0 Å². The van der Waals surface area contributed by atoms with E-state index in [0.29, 0.717) is 18.8 Å². The lowest BCUT2D eigenvalue weighted by atomic mass is 9.89. The van der Waals surface area contributed by atoms with Crippen LogP contribution in [-0.4, -0.2) is 40.4 Å². The van der Waals surface area contributed by atoms with Crippen LogP contribution in [0.15, 0.2) is 54.7 Å². The maximum absolute atomic E-state index is 12.5. The van der Waals surface area contributed by atoms with Crippen molar-refractivity contribution in [3.63, 3.8) is 0 Å². The number of amides is 1. The standard InChI is InChI=1S/C20H22N2O2S/c23-19(15-25-14-18-8-4-5-11-21-18)22-12-9-17(10-13-22)20(24)16-6-2-1-3-7-16/h1-8,11,17H,9-10,12-15H2. The lowest BCUT2D eigenvalue weighted by Crippen LogP contribution is -2.41. The summed E-state index contributed by atoms with van der Waals surface area (Å²) in [5.74, 6) is 1.61. The second-order valence-corrected chi connectivity index (χ2v) is 7.18. The fourth-order valence-electron chi connectivity index (χ4n) is 3.05. The van der Waals surface area contributed by atoms with Gasteiger partial charge in [0.2, 0.25) is 5.91 Å². The first-order valence-electron chi connectivity index (χ1n) is 8.59. The molecule has 1 aliphatic heterocycles. The van der Waals surface area contributed by atoms with E-state index in [1.165, 1.54) is 0 Å². The van der Waals surface area contributed by atoms with Gasteiger partial charge in [-0.05, 0) is 25.0 Å². The Balaban J connectivity index is 1.42. The molecule has 2 heterocycles. The van der Waals surface area contributed by atoms with E-state index in [0.717, 1.165) is 29.9 Å². The molecule has 0 spiro atoms. The van der Waals surface area contributed by atoms with Crippen molar-refractivity contribution in [2.24, 2.45) is 5.92 Å². The van der Waals surface area contributed by atoms with E-state index in [4.69, 9.17) is 0 Å². The maximum atomic E-state index is 12.5. The highest BCUT2D eigenvalue weighted by molar-refractivity contribution is 7.99. The van der Waals surface area contributed by atoms with Crippen LogP contribution in [0.3, 0.4) is 0 Å². The number of benzene rings is 1. The molecule has 1 fully saturated rings. The Morgan fingerprint density at radius 3 is 2.44 bits per heavy atom. The zero-order valence-corrected chi connectivity index (χ0v) is 15.0. The van der Waals surface area contributed by atoms with E-state index in [9.17, 15) is 9.59 Å². The molecule has 130 valence electrons. The molecule has 0 saturated carbocycles. The normalized spacial score (nSPS) is 15.1. The zero-order chi connectivity index (χ0) is 17.5. The van der Waals surface area contributed by atoms with Gasteiger partial charge in [-0.25, -0.2) is 0 Å². The topological polar surface area (TPSA) is 50.3 Å². The smallest absolute Gasteiger partial charge is 0.232 e. The molecule has 0 unspecified atom stereocenters. The first kappa shape index (κ1) is 17.7. The molecule has 0 atom stereocenters. The molecule has 1 aromatic carbocycles. The Bertz CT molecular complexity index is 698. The van der Waals surface area contributed by atoms with Crippen LogP contribution in [-0.2, 0) is 10.5 Å². The highest BCUT2D eigenvalue weighted by Crippen LogP contribution is 2.22. The minimum absolute atomic E-state index is 0.0348. The molecule has 4 nitrogen and oxygen atoms in total. The van der Waals surface area contributed by atoms with Crippen LogP contribution in [0.4, 0.5) is 0 Å². The lowest BCUT2D eigenvalue weighted by Gasteiger charge is -2.31. The molecule has 1 saturated heterocycles. The maximum Gasteiger partial charge on any atom is 0.232 e. The molecule has 3 rings (SSSR count). The van der Waals surface area contributed by atoms with Crippen molar-refractivity contribution < 1.29 is 9.59 Å². The fourth-order valence-corrected chi connectivity index (χ4v) is 3.89. The van der Waals surface area contributed by atoms with Crippen molar-refractivity contribution in [3.05, 3.63) is 66.0 Å². The van der Waals surface area contributed by atoms with Gasteiger partial charge in [-0.3, -0.25) is 14.6 Å². The molecule has 0 radical (unpaired) electrons. The number of thioether (sulfide) groups is 1. The number of nitrogens with zero attached hydrogens (tertiary/aromatic N) is 2. The molecule has 0 N–H and O–H groups in total. The minimum Gasteiger partial charge on any atom is -0.342 e. The highest BCUT2D eigenvalue weighted by atomic mass is 32.2. The summed E-state index contributed by atoms with van der Waals surface area (Å²) in [7, 11) is 0. The molecule has 2 aromatic rings. The van der Waals surface area contributed by atoms with Crippen LogP contribution in [0.5, 0.6) is 0 Å². The van der Waals surface area contributed by atoms with E-state index in [-0.39, 0.29) is 17.6 Å². The summed E-state index contributed by atoms with van der Waals surface area (Å²) < 4.78 is 0. The van der Waals surface area contributed by atoms with Crippen molar-refractivity contribution in [2.45, 2.75) is 18.6 Å². The number of Topliss-reactive ketones (excluding diaryl/α,β-unsaturated/α-hetero) is 1. The molecule has 5 heteroatoms. The van der Waals surface area contributed by atoms with Gasteiger partial charge in [0, 0.05) is 36.5 Å². The van der Waals surface area contributed by atoms with Crippen molar-refractivity contribution >= 4 is 23.5 Å². The Hall–Kier alpha value is -2.14. The summed E-state index contributed by atoms with van der Waals surface area (Å²) in [5.41, 5.74) is 1.77. The minimum atomic E-state index is 0.0348. The van der Waals surface area contributed by atoms with E-state index in [1.807, 2.05) is 53.4 Å². The van der Waals surface area contributed by atoms with Crippen LogP contribution in [0.2, 0.25) is 0 Å². The first-order valence-corrected chi connectivity index (χ1v) is 9.74. The largest absolute Gasteiger partial charge is 0.342 e. The highest BCUT2D eigenvalue weighted by Gasteiger charge is 2.27. The van der Waals surface area contributed by atoms with Crippen LogP contribution in [0.25, 0.3) is 0 Å². The summed E-state index contributed by atoms with van der Waals surface area (Å²) in [5, 5.41) is 0. The average molecular weight is 354 g/mol. The summed E-state index contributed by atoms with van der Waals surface area (Å²) in [6.45, 7) is 1.35. The SMILES string of the molecule is O=C(c1ccccc1)C1CCN(C(=O)CSCc2ccccn2)CC1. The van der Waals surface area contributed by atoms with Crippen LogP contribution >= 0.6 is 11.8 Å². The van der Waals surface area contributed by atoms with E-state index >= 15 is 0 Å². The lowest BCUT2D eigenvalue weighted by molar-refractivity contribution is -0.129.